The highest BCUT2D eigenvalue weighted by atomic mass is 79.9. The Balaban J connectivity index is 3.23. The Hall–Kier alpha value is -0.0951. The first kappa shape index (κ1) is 9.99. The van der Waals surface area contributed by atoms with Gasteiger partial charge in [0.1, 0.15) is 5.15 Å². The van der Waals surface area contributed by atoms with E-state index in [0.717, 1.165) is 0 Å². The predicted octanol–water partition coefficient (Wildman–Crippen LogP) is 0.486. The van der Waals surface area contributed by atoms with Crippen LogP contribution in [0.3, 0.4) is 0 Å². The van der Waals surface area contributed by atoms with Crippen molar-refractivity contribution in [3.05, 3.63) is 21.4 Å². The van der Waals surface area contributed by atoms with Gasteiger partial charge in [-0.3, -0.25) is 0 Å². The molecule has 0 fully saturated rings. The van der Waals surface area contributed by atoms with Crippen LogP contribution in [-0.2, 0) is 0 Å². The summed E-state index contributed by atoms with van der Waals surface area (Å²) in [6, 6.07) is 1.54. The van der Waals surface area contributed by atoms with Crippen molar-refractivity contribution in [2.45, 2.75) is 6.92 Å². The van der Waals surface area contributed by atoms with Crippen LogP contribution in [0.1, 0.15) is 5.69 Å². The molecule has 2 N–H and O–H groups in total. The van der Waals surface area contributed by atoms with Gasteiger partial charge in [-0.05, 0) is 28.9 Å². The van der Waals surface area contributed by atoms with Crippen molar-refractivity contribution in [3.63, 3.8) is 0 Å². The van der Waals surface area contributed by atoms with Gasteiger partial charge in [0.2, 0.25) is 0 Å². The Bertz CT molecular complexity index is 308. The molecule has 0 bridgehead atoms. The third-order valence-corrected chi connectivity index (χ3v) is 2.52. The summed E-state index contributed by atoms with van der Waals surface area (Å²) in [6.45, 7) is 1.77. The van der Waals surface area contributed by atoms with E-state index >= 15 is 0 Å². The zero-order valence-corrected chi connectivity index (χ0v) is 8.59. The number of pyridine rings is 1. The van der Waals surface area contributed by atoms with Crippen molar-refractivity contribution in [2.24, 2.45) is 0 Å². The van der Waals surface area contributed by atoms with Gasteiger partial charge < -0.3 is 10.0 Å². The van der Waals surface area contributed by atoms with Crippen molar-refractivity contribution >= 4 is 40.1 Å². The number of rotatable bonds is 1. The van der Waals surface area contributed by atoms with Crippen LogP contribution in [0.2, 0.25) is 5.15 Å². The fourth-order valence-electron chi connectivity index (χ4n) is 0.747. The Kier molecular flexibility index (Phi) is 3.12. The molecule has 64 valence electrons. The van der Waals surface area contributed by atoms with E-state index in [0.29, 0.717) is 10.2 Å². The molecule has 0 saturated carbocycles. The van der Waals surface area contributed by atoms with E-state index in [1.54, 1.807) is 6.92 Å². The third kappa shape index (κ3) is 1.98. The molecular formula is C6H6BBrClNO2. The molecule has 0 spiro atoms. The minimum atomic E-state index is -1.58. The van der Waals surface area contributed by atoms with Crippen molar-refractivity contribution in [1.29, 1.82) is 0 Å². The first-order valence-electron chi connectivity index (χ1n) is 3.21. The average molecular weight is 250 g/mol. The van der Waals surface area contributed by atoms with Crippen molar-refractivity contribution in [2.75, 3.05) is 0 Å². The number of nitrogens with zero attached hydrogens (tertiary/aromatic N) is 1. The van der Waals surface area contributed by atoms with Gasteiger partial charge in [-0.2, -0.15) is 0 Å². The van der Waals surface area contributed by atoms with Crippen LogP contribution < -0.4 is 5.46 Å². The minimum Gasteiger partial charge on any atom is -0.423 e. The molecule has 6 heteroatoms. The highest BCUT2D eigenvalue weighted by Crippen LogP contribution is 2.14. The van der Waals surface area contributed by atoms with E-state index in [2.05, 4.69) is 20.9 Å². The van der Waals surface area contributed by atoms with Gasteiger partial charge in [0.25, 0.3) is 0 Å². The molecule has 1 aromatic heterocycles. The highest BCUT2D eigenvalue weighted by Gasteiger charge is 2.17. The van der Waals surface area contributed by atoms with Crippen LogP contribution in [0.25, 0.3) is 0 Å². The number of halogens is 2. The second-order valence-corrected chi connectivity index (χ2v) is 3.52. The van der Waals surface area contributed by atoms with Crippen molar-refractivity contribution < 1.29 is 10.0 Å². The zero-order chi connectivity index (χ0) is 9.30. The fourth-order valence-corrected chi connectivity index (χ4v) is 1.36. The molecule has 0 amide bonds. The first-order chi connectivity index (χ1) is 5.52. The number of hydrogen-bond acceptors (Lipinski definition) is 3. The Morgan fingerprint density at radius 1 is 1.58 bits per heavy atom. The maximum absolute atomic E-state index is 8.83. The van der Waals surface area contributed by atoms with E-state index in [1.807, 2.05) is 0 Å². The lowest BCUT2D eigenvalue weighted by atomic mass is 9.81. The van der Waals surface area contributed by atoms with Gasteiger partial charge in [-0.1, -0.05) is 11.6 Å². The molecule has 3 nitrogen and oxygen atoms in total. The highest BCUT2D eigenvalue weighted by molar-refractivity contribution is 9.10. The fraction of sp³-hybridized carbons (Fsp3) is 0.167. The summed E-state index contributed by atoms with van der Waals surface area (Å²) in [5.74, 6) is 0. The van der Waals surface area contributed by atoms with E-state index in [1.165, 1.54) is 6.07 Å². The van der Waals surface area contributed by atoms with Crippen LogP contribution in [0.5, 0.6) is 0 Å². The second kappa shape index (κ2) is 3.74. The Morgan fingerprint density at radius 2 is 2.17 bits per heavy atom. The Morgan fingerprint density at radius 3 is 2.67 bits per heavy atom. The summed E-state index contributed by atoms with van der Waals surface area (Å²) in [7, 11) is -1.58. The molecule has 0 radical (unpaired) electrons. The van der Waals surface area contributed by atoms with Crippen LogP contribution >= 0.6 is 27.5 Å². The molecule has 0 aliphatic carbocycles. The SMILES string of the molecule is Cc1nc(Cl)c(B(O)O)cc1Br. The van der Waals surface area contributed by atoms with Gasteiger partial charge in [0, 0.05) is 9.94 Å². The van der Waals surface area contributed by atoms with Gasteiger partial charge in [0.05, 0.1) is 5.69 Å². The van der Waals surface area contributed by atoms with Gasteiger partial charge in [-0.25, -0.2) is 4.98 Å². The van der Waals surface area contributed by atoms with E-state index in [9.17, 15) is 0 Å². The standard InChI is InChI=1S/C6H6BBrClNO2/c1-3-5(8)2-4(7(11)12)6(9)10-3/h2,11-12H,1H3. The van der Waals surface area contributed by atoms with Crippen LogP contribution in [0.15, 0.2) is 10.5 Å². The van der Waals surface area contributed by atoms with Crippen LogP contribution in [-0.4, -0.2) is 22.2 Å². The second-order valence-electron chi connectivity index (χ2n) is 2.31. The zero-order valence-electron chi connectivity index (χ0n) is 6.25. The largest absolute Gasteiger partial charge is 0.491 e. The summed E-state index contributed by atoms with van der Waals surface area (Å²) in [5.41, 5.74) is 0.915. The van der Waals surface area contributed by atoms with Crippen LogP contribution in [0.4, 0.5) is 0 Å². The summed E-state index contributed by atoms with van der Waals surface area (Å²) < 4.78 is 0.704. The minimum absolute atomic E-state index is 0.116. The smallest absolute Gasteiger partial charge is 0.423 e. The Labute approximate surface area is 83.7 Å². The number of hydrogen-bond donors (Lipinski definition) is 2. The van der Waals surface area contributed by atoms with Gasteiger partial charge in [0.15, 0.2) is 0 Å². The molecule has 0 aliphatic heterocycles. The van der Waals surface area contributed by atoms with E-state index in [4.69, 9.17) is 21.6 Å². The summed E-state index contributed by atoms with van der Waals surface area (Å²) in [4.78, 5) is 3.89. The quantitative estimate of drug-likeness (QED) is 0.563. The topological polar surface area (TPSA) is 53.4 Å². The lowest BCUT2D eigenvalue weighted by molar-refractivity contribution is 0.425. The van der Waals surface area contributed by atoms with Crippen LogP contribution in [0, 0.1) is 6.92 Å². The summed E-state index contributed by atoms with van der Waals surface area (Å²) in [5, 5.41) is 17.8. The molecule has 12 heavy (non-hydrogen) atoms. The van der Waals surface area contributed by atoms with Gasteiger partial charge >= 0.3 is 7.12 Å². The molecule has 0 saturated heterocycles. The lowest BCUT2D eigenvalue weighted by Gasteiger charge is -2.04. The summed E-state index contributed by atoms with van der Waals surface area (Å²) >= 11 is 8.85. The third-order valence-electron chi connectivity index (χ3n) is 1.41. The molecule has 1 rings (SSSR count). The van der Waals surface area contributed by atoms with Crippen molar-refractivity contribution in [1.82, 2.24) is 4.98 Å². The lowest BCUT2D eigenvalue weighted by Crippen LogP contribution is -2.31. The molecule has 1 heterocycles. The normalized spacial score (nSPS) is 10.1. The van der Waals surface area contributed by atoms with Gasteiger partial charge in [-0.15, -0.1) is 0 Å². The molecule has 0 aromatic carbocycles. The maximum Gasteiger partial charge on any atom is 0.491 e. The molecule has 1 aromatic rings. The average Bonchev–Trinajstić information content (AvgIpc) is 1.96. The summed E-state index contributed by atoms with van der Waals surface area (Å²) in [6.07, 6.45) is 0. The number of aryl methyl sites for hydroxylation is 1. The van der Waals surface area contributed by atoms with Crippen molar-refractivity contribution in [3.8, 4) is 0 Å². The first-order valence-corrected chi connectivity index (χ1v) is 4.38. The van der Waals surface area contributed by atoms with E-state index < -0.39 is 7.12 Å². The molecule has 0 atom stereocenters. The molecule has 0 aliphatic rings. The maximum atomic E-state index is 8.83. The molecule has 0 unspecified atom stereocenters. The molecular weight excluding hydrogens is 244 g/mol. The predicted molar refractivity (Wildman–Crippen MR) is 51.5 cm³/mol. The monoisotopic (exact) mass is 249 g/mol. The number of aromatic nitrogens is 1. The van der Waals surface area contributed by atoms with E-state index in [-0.39, 0.29) is 10.6 Å².